The van der Waals surface area contributed by atoms with Crippen LogP contribution in [0.3, 0.4) is 0 Å². The Hall–Kier alpha value is -1.63. The van der Waals surface area contributed by atoms with E-state index in [1.165, 1.54) is 12.8 Å². The highest BCUT2D eigenvalue weighted by Gasteiger charge is 2.20. The number of hydrogen-bond acceptors (Lipinski definition) is 4. The number of aliphatic imine (C=N–C) groups is 1. The SMILES string of the molecule is CCNC(=NCc1nnc2n1CCCC2)N(C)CC1CCOC1. The van der Waals surface area contributed by atoms with Crippen LogP contribution in [0.4, 0.5) is 0 Å². The monoisotopic (exact) mass is 320 g/mol. The van der Waals surface area contributed by atoms with Gasteiger partial charge in [-0.3, -0.25) is 0 Å². The van der Waals surface area contributed by atoms with Crippen LogP contribution in [0.1, 0.15) is 37.8 Å². The summed E-state index contributed by atoms with van der Waals surface area (Å²) in [4.78, 5) is 6.98. The molecule has 3 heterocycles. The summed E-state index contributed by atoms with van der Waals surface area (Å²) in [7, 11) is 2.10. The maximum Gasteiger partial charge on any atom is 0.194 e. The molecule has 7 heteroatoms. The van der Waals surface area contributed by atoms with Gasteiger partial charge in [-0.25, -0.2) is 4.99 Å². The average Bonchev–Trinajstić information content (AvgIpc) is 3.21. The Labute approximate surface area is 138 Å². The molecule has 1 atom stereocenters. The zero-order valence-corrected chi connectivity index (χ0v) is 14.3. The molecule has 1 fully saturated rings. The van der Waals surface area contributed by atoms with Crippen LogP contribution in [-0.4, -0.2) is 59.0 Å². The van der Waals surface area contributed by atoms with Crippen molar-refractivity contribution >= 4 is 5.96 Å². The second kappa shape index (κ2) is 7.77. The summed E-state index contributed by atoms with van der Waals surface area (Å²) in [5.41, 5.74) is 0. The van der Waals surface area contributed by atoms with Crippen LogP contribution in [0.5, 0.6) is 0 Å². The summed E-state index contributed by atoms with van der Waals surface area (Å²) < 4.78 is 7.71. The number of nitrogens with zero attached hydrogens (tertiary/aromatic N) is 5. The number of aryl methyl sites for hydroxylation is 1. The first kappa shape index (κ1) is 16.2. The molecule has 1 N–H and O–H groups in total. The molecule has 0 aromatic carbocycles. The van der Waals surface area contributed by atoms with Crippen LogP contribution in [0.15, 0.2) is 4.99 Å². The van der Waals surface area contributed by atoms with E-state index >= 15 is 0 Å². The van der Waals surface area contributed by atoms with Crippen molar-refractivity contribution in [3.05, 3.63) is 11.6 Å². The van der Waals surface area contributed by atoms with Crippen molar-refractivity contribution in [1.82, 2.24) is 25.0 Å². The number of ether oxygens (including phenoxy) is 1. The van der Waals surface area contributed by atoms with E-state index in [1.54, 1.807) is 0 Å². The van der Waals surface area contributed by atoms with E-state index in [9.17, 15) is 0 Å². The van der Waals surface area contributed by atoms with Crippen molar-refractivity contribution in [1.29, 1.82) is 0 Å². The van der Waals surface area contributed by atoms with E-state index < -0.39 is 0 Å². The number of rotatable bonds is 5. The van der Waals surface area contributed by atoms with Crippen molar-refractivity contribution in [2.75, 3.05) is 33.4 Å². The van der Waals surface area contributed by atoms with Crippen LogP contribution in [0.25, 0.3) is 0 Å². The molecule has 0 amide bonds. The van der Waals surface area contributed by atoms with Gasteiger partial charge in [0.25, 0.3) is 0 Å². The lowest BCUT2D eigenvalue weighted by molar-refractivity contribution is 0.181. The summed E-state index contributed by atoms with van der Waals surface area (Å²) in [6.07, 6.45) is 4.61. The molecular formula is C16H28N6O. The topological polar surface area (TPSA) is 67.6 Å². The fraction of sp³-hybridized carbons (Fsp3) is 0.812. The molecule has 2 aliphatic rings. The molecule has 0 spiro atoms. The summed E-state index contributed by atoms with van der Waals surface area (Å²) in [6.45, 7) is 7.30. The van der Waals surface area contributed by atoms with Gasteiger partial charge in [-0.1, -0.05) is 0 Å². The standard InChI is InChI=1S/C16H28N6O/c1-3-17-16(21(2)11-13-7-9-23-12-13)18-10-15-20-19-14-6-4-5-8-22(14)15/h13H,3-12H2,1-2H3,(H,17,18). The molecule has 23 heavy (non-hydrogen) atoms. The molecule has 3 rings (SSSR count). The van der Waals surface area contributed by atoms with Gasteiger partial charge in [-0.05, 0) is 26.2 Å². The molecule has 1 aromatic rings. The van der Waals surface area contributed by atoms with Crippen molar-refractivity contribution in [2.24, 2.45) is 10.9 Å². The fourth-order valence-electron chi connectivity index (χ4n) is 3.30. The zero-order valence-electron chi connectivity index (χ0n) is 14.3. The summed E-state index contributed by atoms with van der Waals surface area (Å²) in [5.74, 6) is 3.63. The van der Waals surface area contributed by atoms with Gasteiger partial charge < -0.3 is 19.5 Å². The molecule has 1 unspecified atom stereocenters. The van der Waals surface area contributed by atoms with E-state index in [0.717, 1.165) is 63.3 Å². The zero-order chi connectivity index (χ0) is 16.1. The third kappa shape index (κ3) is 4.02. The Bertz CT molecular complexity index is 535. The van der Waals surface area contributed by atoms with Crippen LogP contribution in [0, 0.1) is 5.92 Å². The number of aromatic nitrogens is 3. The van der Waals surface area contributed by atoms with Crippen LogP contribution in [0.2, 0.25) is 0 Å². The van der Waals surface area contributed by atoms with Crippen LogP contribution in [-0.2, 0) is 24.2 Å². The minimum absolute atomic E-state index is 0.584. The highest BCUT2D eigenvalue weighted by molar-refractivity contribution is 5.79. The number of nitrogens with one attached hydrogen (secondary N) is 1. The van der Waals surface area contributed by atoms with Gasteiger partial charge in [0.05, 0.1) is 6.61 Å². The molecule has 1 saturated heterocycles. The van der Waals surface area contributed by atoms with Gasteiger partial charge in [0, 0.05) is 45.6 Å². The number of hydrogen-bond donors (Lipinski definition) is 1. The maximum absolute atomic E-state index is 5.47. The first-order valence-corrected chi connectivity index (χ1v) is 8.76. The molecule has 0 aliphatic carbocycles. The Morgan fingerprint density at radius 3 is 3.13 bits per heavy atom. The summed E-state index contributed by atoms with van der Waals surface area (Å²) in [5, 5.41) is 12.0. The Morgan fingerprint density at radius 1 is 1.43 bits per heavy atom. The Morgan fingerprint density at radius 2 is 2.35 bits per heavy atom. The van der Waals surface area contributed by atoms with Gasteiger partial charge in [0.1, 0.15) is 12.4 Å². The molecular weight excluding hydrogens is 292 g/mol. The van der Waals surface area contributed by atoms with E-state index in [-0.39, 0.29) is 0 Å². The van der Waals surface area contributed by atoms with Crippen molar-refractivity contribution in [3.63, 3.8) is 0 Å². The van der Waals surface area contributed by atoms with Gasteiger partial charge in [0.2, 0.25) is 0 Å². The second-order valence-corrected chi connectivity index (χ2v) is 6.42. The van der Waals surface area contributed by atoms with Crippen LogP contribution >= 0.6 is 0 Å². The van der Waals surface area contributed by atoms with Gasteiger partial charge in [0.15, 0.2) is 11.8 Å². The van der Waals surface area contributed by atoms with E-state index in [1.807, 2.05) is 0 Å². The van der Waals surface area contributed by atoms with Crippen molar-refractivity contribution in [3.8, 4) is 0 Å². The van der Waals surface area contributed by atoms with Crippen molar-refractivity contribution in [2.45, 2.75) is 45.7 Å². The molecule has 0 bridgehead atoms. The molecule has 1 aromatic heterocycles. The Balaban J connectivity index is 1.64. The van der Waals surface area contributed by atoms with Crippen molar-refractivity contribution < 1.29 is 4.74 Å². The quantitative estimate of drug-likeness (QED) is 0.649. The normalized spacial score (nSPS) is 21.3. The number of fused-ring (bicyclic) bond motifs is 1. The first-order valence-electron chi connectivity index (χ1n) is 8.76. The lowest BCUT2D eigenvalue weighted by Crippen LogP contribution is -2.41. The Kier molecular flexibility index (Phi) is 5.48. The molecule has 0 saturated carbocycles. The van der Waals surface area contributed by atoms with Crippen LogP contribution < -0.4 is 5.32 Å². The minimum atomic E-state index is 0.584. The third-order valence-electron chi connectivity index (χ3n) is 4.56. The molecule has 128 valence electrons. The summed E-state index contributed by atoms with van der Waals surface area (Å²) in [6, 6.07) is 0. The maximum atomic E-state index is 5.47. The molecule has 0 radical (unpaired) electrons. The lowest BCUT2D eigenvalue weighted by Gasteiger charge is -2.24. The lowest BCUT2D eigenvalue weighted by atomic mass is 10.1. The van der Waals surface area contributed by atoms with E-state index in [2.05, 4.69) is 39.0 Å². The highest BCUT2D eigenvalue weighted by atomic mass is 16.5. The largest absolute Gasteiger partial charge is 0.381 e. The van der Waals surface area contributed by atoms with Gasteiger partial charge in [-0.2, -0.15) is 0 Å². The first-order chi connectivity index (χ1) is 11.3. The van der Waals surface area contributed by atoms with Gasteiger partial charge in [-0.15, -0.1) is 10.2 Å². The summed E-state index contributed by atoms with van der Waals surface area (Å²) >= 11 is 0. The number of guanidine groups is 1. The van der Waals surface area contributed by atoms with E-state index in [0.29, 0.717) is 12.5 Å². The minimum Gasteiger partial charge on any atom is -0.381 e. The predicted octanol–water partition coefficient (Wildman–Crippen LogP) is 1.05. The average molecular weight is 320 g/mol. The predicted molar refractivity (Wildman–Crippen MR) is 89.3 cm³/mol. The third-order valence-corrected chi connectivity index (χ3v) is 4.56. The molecule has 2 aliphatic heterocycles. The smallest absolute Gasteiger partial charge is 0.194 e. The molecule has 7 nitrogen and oxygen atoms in total. The second-order valence-electron chi connectivity index (χ2n) is 6.42. The fourth-order valence-corrected chi connectivity index (χ4v) is 3.30. The van der Waals surface area contributed by atoms with Gasteiger partial charge >= 0.3 is 0 Å². The highest BCUT2D eigenvalue weighted by Crippen LogP contribution is 2.15. The van der Waals surface area contributed by atoms with E-state index in [4.69, 9.17) is 9.73 Å².